The van der Waals surface area contributed by atoms with Gasteiger partial charge in [0.05, 0.1) is 12.5 Å². The fourth-order valence-electron chi connectivity index (χ4n) is 2.81. The lowest BCUT2D eigenvalue weighted by Crippen LogP contribution is -2.26. The molecule has 0 aliphatic rings. The van der Waals surface area contributed by atoms with Crippen molar-refractivity contribution in [2.24, 2.45) is 5.41 Å². The van der Waals surface area contributed by atoms with Gasteiger partial charge < -0.3 is 4.74 Å². The first-order valence-electron chi connectivity index (χ1n) is 8.68. The van der Waals surface area contributed by atoms with Crippen LogP contribution >= 0.6 is 11.6 Å². The standard InChI is InChI=1S/C22H25ClO3/c1-15-5-6-17(16-7-9-19(23)10-8-16)13-18(15)14-20(24)11-12-22(2,3)21(25)26-4/h5-10,13H,11-12,14H2,1-4H3. The van der Waals surface area contributed by atoms with E-state index in [0.717, 1.165) is 22.3 Å². The Morgan fingerprint density at radius 1 is 1.04 bits per heavy atom. The molecule has 0 saturated carbocycles. The normalized spacial score (nSPS) is 11.3. The van der Waals surface area contributed by atoms with Crippen LogP contribution in [0.15, 0.2) is 42.5 Å². The Kier molecular flexibility index (Phi) is 6.60. The number of hydrogen-bond acceptors (Lipinski definition) is 3. The molecule has 0 aliphatic heterocycles. The van der Waals surface area contributed by atoms with Crippen molar-refractivity contribution in [1.29, 1.82) is 0 Å². The van der Waals surface area contributed by atoms with E-state index in [-0.39, 0.29) is 11.8 Å². The van der Waals surface area contributed by atoms with Crippen molar-refractivity contribution in [3.63, 3.8) is 0 Å². The van der Waals surface area contributed by atoms with E-state index in [1.54, 1.807) is 13.8 Å². The molecule has 0 aromatic heterocycles. The molecule has 2 aromatic rings. The van der Waals surface area contributed by atoms with Gasteiger partial charge in [0, 0.05) is 17.9 Å². The van der Waals surface area contributed by atoms with Gasteiger partial charge in [0.2, 0.25) is 0 Å². The van der Waals surface area contributed by atoms with E-state index in [2.05, 4.69) is 6.07 Å². The summed E-state index contributed by atoms with van der Waals surface area (Å²) in [6.45, 7) is 5.61. The largest absolute Gasteiger partial charge is 0.469 e. The van der Waals surface area contributed by atoms with E-state index in [1.165, 1.54) is 7.11 Å². The van der Waals surface area contributed by atoms with Crippen molar-refractivity contribution in [3.05, 3.63) is 58.6 Å². The van der Waals surface area contributed by atoms with Gasteiger partial charge >= 0.3 is 5.97 Å². The Morgan fingerprint density at radius 2 is 1.65 bits per heavy atom. The van der Waals surface area contributed by atoms with Gasteiger partial charge in [-0.1, -0.05) is 41.9 Å². The van der Waals surface area contributed by atoms with Gasteiger partial charge in [-0.15, -0.1) is 0 Å². The zero-order valence-electron chi connectivity index (χ0n) is 15.8. The molecular weight excluding hydrogens is 348 g/mol. The van der Waals surface area contributed by atoms with E-state index in [9.17, 15) is 9.59 Å². The molecule has 138 valence electrons. The van der Waals surface area contributed by atoms with E-state index >= 15 is 0 Å². The summed E-state index contributed by atoms with van der Waals surface area (Å²) >= 11 is 5.95. The van der Waals surface area contributed by atoms with Gasteiger partial charge in [-0.25, -0.2) is 0 Å². The van der Waals surface area contributed by atoms with E-state index in [4.69, 9.17) is 16.3 Å². The molecule has 0 amide bonds. The molecule has 0 fully saturated rings. The van der Waals surface area contributed by atoms with Crippen molar-refractivity contribution < 1.29 is 14.3 Å². The molecule has 4 heteroatoms. The SMILES string of the molecule is COC(=O)C(C)(C)CCC(=O)Cc1cc(-c2ccc(Cl)cc2)ccc1C. The van der Waals surface area contributed by atoms with Crippen LogP contribution in [0.2, 0.25) is 5.02 Å². The summed E-state index contributed by atoms with van der Waals surface area (Å²) in [4.78, 5) is 24.2. The van der Waals surface area contributed by atoms with Crippen LogP contribution in [-0.4, -0.2) is 18.9 Å². The van der Waals surface area contributed by atoms with Crippen molar-refractivity contribution in [2.75, 3.05) is 7.11 Å². The summed E-state index contributed by atoms with van der Waals surface area (Å²) < 4.78 is 4.80. The van der Waals surface area contributed by atoms with Crippen LogP contribution in [0.5, 0.6) is 0 Å². The highest BCUT2D eigenvalue weighted by Crippen LogP contribution is 2.27. The van der Waals surface area contributed by atoms with Gasteiger partial charge in [0.15, 0.2) is 0 Å². The average molecular weight is 373 g/mol. The number of carbonyl (C=O) groups excluding carboxylic acids is 2. The summed E-state index contributed by atoms with van der Waals surface area (Å²) in [7, 11) is 1.37. The number of methoxy groups -OCH3 is 1. The summed E-state index contributed by atoms with van der Waals surface area (Å²) in [6.07, 6.45) is 1.20. The van der Waals surface area contributed by atoms with Crippen LogP contribution < -0.4 is 0 Å². The Balaban J connectivity index is 2.09. The lowest BCUT2D eigenvalue weighted by Gasteiger charge is -2.20. The third kappa shape index (κ3) is 5.18. The van der Waals surface area contributed by atoms with Crippen LogP contribution in [0.3, 0.4) is 0 Å². The maximum atomic E-state index is 12.4. The van der Waals surface area contributed by atoms with Crippen molar-refractivity contribution in [1.82, 2.24) is 0 Å². The Labute approximate surface area is 160 Å². The Hall–Kier alpha value is -2.13. The van der Waals surface area contributed by atoms with E-state index in [0.29, 0.717) is 24.3 Å². The maximum absolute atomic E-state index is 12.4. The number of hydrogen-bond donors (Lipinski definition) is 0. The molecule has 0 N–H and O–H groups in total. The first kappa shape index (κ1) is 20.2. The number of rotatable bonds is 7. The quantitative estimate of drug-likeness (QED) is 0.610. The van der Waals surface area contributed by atoms with Gasteiger partial charge in [-0.05, 0) is 61.6 Å². The summed E-state index contributed by atoms with van der Waals surface area (Å²) in [6, 6.07) is 13.8. The predicted molar refractivity (Wildman–Crippen MR) is 105 cm³/mol. The van der Waals surface area contributed by atoms with Crippen LogP contribution in [0.25, 0.3) is 11.1 Å². The highest BCUT2D eigenvalue weighted by Gasteiger charge is 2.29. The summed E-state index contributed by atoms with van der Waals surface area (Å²) in [5.41, 5.74) is 3.58. The number of Topliss-reactive ketones (excluding diaryl/α,β-unsaturated/α-hetero) is 1. The Morgan fingerprint density at radius 3 is 2.27 bits per heavy atom. The molecular formula is C22H25ClO3. The van der Waals surface area contributed by atoms with E-state index < -0.39 is 5.41 Å². The number of carbonyl (C=O) groups is 2. The molecule has 0 unspecified atom stereocenters. The van der Waals surface area contributed by atoms with Crippen LogP contribution in [0, 0.1) is 12.3 Å². The molecule has 0 aliphatic carbocycles. The number of halogens is 1. The number of esters is 1. The molecule has 2 rings (SSSR count). The van der Waals surface area contributed by atoms with Crippen molar-refractivity contribution in [3.8, 4) is 11.1 Å². The first-order chi connectivity index (χ1) is 12.2. The molecule has 0 atom stereocenters. The lowest BCUT2D eigenvalue weighted by atomic mass is 9.86. The van der Waals surface area contributed by atoms with Crippen LogP contribution in [0.1, 0.15) is 37.8 Å². The minimum atomic E-state index is -0.648. The molecule has 0 saturated heterocycles. The second-order valence-electron chi connectivity index (χ2n) is 7.24. The minimum absolute atomic E-state index is 0.123. The third-order valence-corrected chi connectivity index (χ3v) is 4.93. The fourth-order valence-corrected chi connectivity index (χ4v) is 2.94. The topological polar surface area (TPSA) is 43.4 Å². The average Bonchev–Trinajstić information content (AvgIpc) is 2.62. The van der Waals surface area contributed by atoms with Gasteiger partial charge in [0.1, 0.15) is 5.78 Å². The first-order valence-corrected chi connectivity index (χ1v) is 9.06. The van der Waals surface area contributed by atoms with Crippen LogP contribution in [-0.2, 0) is 20.7 Å². The smallest absolute Gasteiger partial charge is 0.311 e. The highest BCUT2D eigenvalue weighted by atomic mass is 35.5. The number of ether oxygens (including phenoxy) is 1. The zero-order valence-corrected chi connectivity index (χ0v) is 16.5. The molecule has 3 nitrogen and oxygen atoms in total. The number of benzene rings is 2. The minimum Gasteiger partial charge on any atom is -0.469 e. The van der Waals surface area contributed by atoms with E-state index in [1.807, 2.05) is 43.3 Å². The number of aryl methyl sites for hydroxylation is 1. The summed E-state index contributed by atoms with van der Waals surface area (Å²) in [5, 5.41) is 0.699. The highest BCUT2D eigenvalue weighted by molar-refractivity contribution is 6.30. The zero-order chi connectivity index (χ0) is 19.3. The predicted octanol–water partition coefficient (Wildman–Crippen LogP) is 5.41. The Bertz CT molecular complexity index is 792. The molecule has 26 heavy (non-hydrogen) atoms. The summed E-state index contributed by atoms with van der Waals surface area (Å²) in [5.74, 6) is -0.162. The molecule has 0 bridgehead atoms. The van der Waals surface area contributed by atoms with Crippen molar-refractivity contribution >= 4 is 23.4 Å². The lowest BCUT2D eigenvalue weighted by molar-refractivity contribution is -0.151. The van der Waals surface area contributed by atoms with Gasteiger partial charge in [0.25, 0.3) is 0 Å². The van der Waals surface area contributed by atoms with Crippen LogP contribution in [0.4, 0.5) is 0 Å². The monoisotopic (exact) mass is 372 g/mol. The van der Waals surface area contributed by atoms with Crippen molar-refractivity contribution in [2.45, 2.75) is 40.0 Å². The number of ketones is 1. The second-order valence-corrected chi connectivity index (χ2v) is 7.68. The molecule has 0 radical (unpaired) electrons. The maximum Gasteiger partial charge on any atom is 0.311 e. The molecule has 0 spiro atoms. The second kappa shape index (κ2) is 8.50. The third-order valence-electron chi connectivity index (χ3n) is 4.68. The fraction of sp³-hybridized carbons (Fsp3) is 0.364. The molecule has 0 heterocycles. The molecule has 2 aromatic carbocycles. The van der Waals surface area contributed by atoms with Gasteiger partial charge in [-0.3, -0.25) is 9.59 Å². The van der Waals surface area contributed by atoms with Gasteiger partial charge in [-0.2, -0.15) is 0 Å².